The van der Waals surface area contributed by atoms with E-state index in [2.05, 4.69) is 0 Å². The van der Waals surface area contributed by atoms with Crippen LogP contribution in [0.3, 0.4) is 0 Å². The Hall–Kier alpha value is -1.05. The van der Waals surface area contributed by atoms with Crippen molar-refractivity contribution in [2.24, 2.45) is 5.73 Å². The van der Waals surface area contributed by atoms with Gasteiger partial charge in [-0.05, 0) is 24.9 Å². The molecule has 1 aromatic carbocycles. The van der Waals surface area contributed by atoms with Gasteiger partial charge < -0.3 is 10.6 Å². The summed E-state index contributed by atoms with van der Waals surface area (Å²) < 4.78 is 23.0. The summed E-state index contributed by atoms with van der Waals surface area (Å²) in [5.41, 5.74) is 6.65. The van der Waals surface area contributed by atoms with E-state index in [0.29, 0.717) is 31.8 Å². The number of nitrogens with two attached hydrogens (primary N) is 1. The largest absolute Gasteiger partial charge is 0.338 e. The van der Waals surface area contributed by atoms with Gasteiger partial charge in [-0.1, -0.05) is 30.3 Å². The normalized spacial score (nSPS) is 19.6. The fraction of sp³-hybridized carbons (Fsp3) is 0.562. The van der Waals surface area contributed by atoms with Crippen LogP contribution in [0, 0.1) is 0 Å². The van der Waals surface area contributed by atoms with Gasteiger partial charge in [0.1, 0.15) is 0 Å². The van der Waals surface area contributed by atoms with Gasteiger partial charge in [0.05, 0.1) is 17.3 Å². The van der Waals surface area contributed by atoms with Crippen molar-refractivity contribution in [3.8, 4) is 0 Å². The highest BCUT2D eigenvalue weighted by Crippen LogP contribution is 2.24. The van der Waals surface area contributed by atoms with Crippen molar-refractivity contribution in [1.82, 2.24) is 4.90 Å². The Bertz CT molecular complexity index is 605. The summed E-state index contributed by atoms with van der Waals surface area (Å²) in [7, 11) is -2.89. The average molecular weight is 357 g/mol. The van der Waals surface area contributed by atoms with Gasteiger partial charge >= 0.3 is 0 Å². The molecule has 1 saturated heterocycles. The third-order valence-electron chi connectivity index (χ3n) is 3.83. The van der Waals surface area contributed by atoms with E-state index < -0.39 is 9.84 Å². The molecule has 0 radical (unpaired) electrons. The molecule has 23 heavy (non-hydrogen) atoms. The molecule has 1 unspecified atom stereocenters. The minimum atomic E-state index is -2.89. The van der Waals surface area contributed by atoms with Crippen molar-refractivity contribution >= 4 is 27.5 Å². The first kappa shape index (κ1) is 18.3. The van der Waals surface area contributed by atoms with Crippen LogP contribution in [0.5, 0.6) is 0 Å². The Morgan fingerprint density at radius 1 is 1.30 bits per heavy atom. The van der Waals surface area contributed by atoms with Gasteiger partial charge in [0.15, 0.2) is 9.84 Å². The maximum Gasteiger partial charge on any atom is 0.232 e. The molecule has 128 valence electrons. The van der Waals surface area contributed by atoms with Crippen LogP contribution < -0.4 is 5.73 Å². The molecule has 2 N–H and O–H groups in total. The first-order chi connectivity index (χ1) is 11.0. The molecule has 0 spiro atoms. The molecule has 1 aromatic rings. The van der Waals surface area contributed by atoms with Gasteiger partial charge in [-0.2, -0.15) is 0 Å². The predicted molar refractivity (Wildman–Crippen MR) is 95.0 cm³/mol. The van der Waals surface area contributed by atoms with Gasteiger partial charge in [0.2, 0.25) is 5.91 Å². The Balaban J connectivity index is 1.88. The number of hydrogen-bond acceptors (Lipinski definition) is 5. The first-order valence-electron chi connectivity index (χ1n) is 7.84. The van der Waals surface area contributed by atoms with Crippen LogP contribution >= 0.6 is 11.8 Å². The van der Waals surface area contributed by atoms with Crippen molar-refractivity contribution in [3.05, 3.63) is 35.9 Å². The Morgan fingerprint density at radius 3 is 2.65 bits per heavy atom. The molecule has 1 aliphatic rings. The summed E-state index contributed by atoms with van der Waals surface area (Å²) in [6, 6.07) is 9.86. The van der Waals surface area contributed by atoms with Gasteiger partial charge in [-0.3, -0.25) is 4.79 Å². The van der Waals surface area contributed by atoms with Gasteiger partial charge in [-0.15, -0.1) is 11.8 Å². The number of nitrogens with zero attached hydrogens (tertiary/aromatic N) is 1. The molecule has 2 rings (SSSR count). The van der Waals surface area contributed by atoms with Crippen LogP contribution in [-0.4, -0.2) is 54.8 Å². The van der Waals surface area contributed by atoms with E-state index in [9.17, 15) is 13.2 Å². The topological polar surface area (TPSA) is 80.5 Å². The molecule has 1 amide bonds. The van der Waals surface area contributed by atoms with E-state index in [1.807, 2.05) is 35.2 Å². The van der Waals surface area contributed by atoms with E-state index in [4.69, 9.17) is 5.73 Å². The Kier molecular flexibility index (Phi) is 6.92. The summed E-state index contributed by atoms with van der Waals surface area (Å²) in [6.07, 6.45) is 1.42. The highest BCUT2D eigenvalue weighted by molar-refractivity contribution is 8.02. The molecular weight excluding hydrogens is 332 g/mol. The third kappa shape index (κ3) is 6.16. The number of hydrogen-bond donors (Lipinski definition) is 1. The van der Waals surface area contributed by atoms with Crippen molar-refractivity contribution in [3.63, 3.8) is 0 Å². The van der Waals surface area contributed by atoms with Crippen LogP contribution in [0.15, 0.2) is 30.3 Å². The van der Waals surface area contributed by atoms with Crippen LogP contribution in [-0.2, 0) is 21.2 Å². The first-order valence-corrected chi connectivity index (χ1v) is 10.7. The van der Waals surface area contributed by atoms with E-state index in [0.717, 1.165) is 12.0 Å². The second-order valence-electron chi connectivity index (χ2n) is 5.78. The summed E-state index contributed by atoms with van der Waals surface area (Å²) in [6.45, 7) is 1.75. The number of thioether (sulfide) groups is 1. The van der Waals surface area contributed by atoms with E-state index >= 15 is 0 Å². The minimum absolute atomic E-state index is 0.0524. The van der Waals surface area contributed by atoms with Crippen molar-refractivity contribution in [2.75, 3.05) is 30.3 Å². The van der Waals surface area contributed by atoms with Crippen molar-refractivity contribution < 1.29 is 13.2 Å². The summed E-state index contributed by atoms with van der Waals surface area (Å²) >= 11 is 1.47. The molecule has 1 atom stereocenters. The van der Waals surface area contributed by atoms with E-state index in [1.54, 1.807) is 0 Å². The van der Waals surface area contributed by atoms with Gasteiger partial charge in [0.25, 0.3) is 0 Å². The third-order valence-corrected chi connectivity index (χ3v) is 7.10. The number of benzene rings is 1. The summed E-state index contributed by atoms with van der Waals surface area (Å²) in [5, 5.41) is 0.0528. The summed E-state index contributed by atoms with van der Waals surface area (Å²) in [4.78, 5) is 14.3. The quantitative estimate of drug-likeness (QED) is 0.759. The van der Waals surface area contributed by atoms with Gasteiger partial charge in [-0.25, -0.2) is 8.42 Å². The monoisotopic (exact) mass is 356 g/mol. The molecule has 1 heterocycles. The molecule has 0 saturated carbocycles. The number of carbonyl (C=O) groups excluding carboxylic acids is 1. The van der Waals surface area contributed by atoms with Crippen LogP contribution in [0.1, 0.15) is 18.4 Å². The zero-order valence-corrected chi connectivity index (χ0v) is 14.8. The molecule has 5 nitrogen and oxygen atoms in total. The van der Waals surface area contributed by atoms with Crippen molar-refractivity contribution in [1.29, 1.82) is 0 Å². The molecule has 1 aliphatic heterocycles. The molecular formula is C16H24N2O3S2. The van der Waals surface area contributed by atoms with Gasteiger partial charge in [0, 0.05) is 18.3 Å². The standard InChI is InChI=1S/C16H24N2O3S2/c17-8-4-9-18(11-14-5-2-1-3-6-14)16(19)12-22-15-7-10-23(20,21)13-15/h1-3,5-6,15H,4,7-13,17H2. The number of amides is 1. The van der Waals surface area contributed by atoms with Crippen LogP contribution in [0.25, 0.3) is 0 Å². The molecule has 1 fully saturated rings. The van der Waals surface area contributed by atoms with Crippen molar-refractivity contribution in [2.45, 2.75) is 24.6 Å². The maximum atomic E-state index is 12.5. The molecule has 0 bridgehead atoms. The second kappa shape index (κ2) is 8.70. The Labute approximate surface area is 142 Å². The number of carbonyl (C=O) groups is 1. The summed E-state index contributed by atoms with van der Waals surface area (Å²) in [5.74, 6) is 0.834. The zero-order valence-electron chi connectivity index (χ0n) is 13.2. The fourth-order valence-corrected chi connectivity index (χ4v) is 6.10. The molecule has 0 aromatic heterocycles. The number of sulfone groups is 1. The lowest BCUT2D eigenvalue weighted by molar-refractivity contribution is -0.129. The van der Waals surface area contributed by atoms with E-state index in [1.165, 1.54) is 11.8 Å². The lowest BCUT2D eigenvalue weighted by Gasteiger charge is -2.23. The van der Waals surface area contributed by atoms with Crippen LogP contribution in [0.4, 0.5) is 0 Å². The molecule has 7 heteroatoms. The zero-order chi connectivity index (χ0) is 16.7. The highest BCUT2D eigenvalue weighted by Gasteiger charge is 2.29. The maximum absolute atomic E-state index is 12.5. The molecule has 0 aliphatic carbocycles. The lowest BCUT2D eigenvalue weighted by Crippen LogP contribution is -2.34. The minimum Gasteiger partial charge on any atom is -0.338 e. The Morgan fingerprint density at radius 2 is 2.04 bits per heavy atom. The lowest BCUT2D eigenvalue weighted by atomic mass is 10.2. The van der Waals surface area contributed by atoms with E-state index in [-0.39, 0.29) is 22.7 Å². The fourth-order valence-electron chi connectivity index (χ4n) is 2.55. The van der Waals surface area contributed by atoms with Crippen LogP contribution in [0.2, 0.25) is 0 Å². The SMILES string of the molecule is NCCCN(Cc1ccccc1)C(=O)CSC1CCS(=O)(=O)C1. The number of rotatable bonds is 8. The second-order valence-corrected chi connectivity index (χ2v) is 9.30. The smallest absolute Gasteiger partial charge is 0.232 e. The predicted octanol–water partition coefficient (Wildman–Crippen LogP) is 1.28. The average Bonchev–Trinajstić information content (AvgIpc) is 2.89. The highest BCUT2D eigenvalue weighted by atomic mass is 32.2.